The first-order chi connectivity index (χ1) is 12.0. The second-order valence-corrected chi connectivity index (χ2v) is 6.58. The van der Waals surface area contributed by atoms with Crippen LogP contribution in [0.1, 0.15) is 51.0 Å². The smallest absolute Gasteiger partial charge is 0.339 e. The van der Waals surface area contributed by atoms with Crippen LogP contribution in [0, 0.1) is 13.8 Å². The molecule has 1 N–H and O–H groups in total. The first-order valence-electron chi connectivity index (χ1n) is 8.62. The summed E-state index contributed by atoms with van der Waals surface area (Å²) in [6.07, 6.45) is 2.07. The number of aromatic amines is 1. The minimum atomic E-state index is -0.415. The Morgan fingerprint density at radius 2 is 1.96 bits per heavy atom. The molecule has 0 bridgehead atoms. The van der Waals surface area contributed by atoms with Gasteiger partial charge in [0.25, 0.3) is 0 Å². The zero-order valence-corrected chi connectivity index (χ0v) is 15.2. The number of aromatic nitrogens is 1. The highest BCUT2D eigenvalue weighted by molar-refractivity contribution is 6.05. The quantitative estimate of drug-likeness (QED) is 0.684. The van der Waals surface area contributed by atoms with Crippen molar-refractivity contribution in [1.29, 1.82) is 0 Å². The molecule has 2 aromatic rings. The maximum Gasteiger partial charge on any atom is 0.339 e. The summed E-state index contributed by atoms with van der Waals surface area (Å²) >= 11 is 0. The molecule has 1 aliphatic rings. The van der Waals surface area contributed by atoms with Gasteiger partial charge in [-0.3, -0.25) is 4.79 Å². The van der Waals surface area contributed by atoms with Gasteiger partial charge >= 0.3 is 5.97 Å². The molecule has 132 valence electrons. The fourth-order valence-electron chi connectivity index (χ4n) is 3.72. The summed E-state index contributed by atoms with van der Waals surface area (Å²) in [7, 11) is 1.35. The predicted molar refractivity (Wildman–Crippen MR) is 97.5 cm³/mol. The van der Waals surface area contributed by atoms with Crippen molar-refractivity contribution in [1.82, 2.24) is 4.98 Å². The van der Waals surface area contributed by atoms with Crippen LogP contribution in [0.15, 0.2) is 24.3 Å². The third kappa shape index (κ3) is 2.95. The molecule has 1 atom stereocenters. The highest BCUT2D eigenvalue weighted by Crippen LogP contribution is 2.30. The second kappa shape index (κ2) is 6.75. The topological polar surface area (TPSA) is 62.4 Å². The standard InChI is InChI=1S/C20H24N2O3/c1-12-17(20(24)25-4)13(2)21-18(12)19(23)14(3)22-11-7-9-15-8-5-6-10-16(15)22/h5-6,8,10,14,21H,7,9,11H2,1-4H3/t14-/m1/s1. The third-order valence-corrected chi connectivity index (χ3v) is 5.07. The van der Waals surface area contributed by atoms with Crippen LogP contribution in [0.5, 0.6) is 0 Å². The van der Waals surface area contributed by atoms with E-state index in [1.807, 2.05) is 19.1 Å². The van der Waals surface area contributed by atoms with Gasteiger partial charge in [-0.05, 0) is 50.8 Å². The average molecular weight is 340 g/mol. The Labute approximate surface area is 148 Å². The summed E-state index contributed by atoms with van der Waals surface area (Å²) in [5, 5.41) is 0. The Hall–Kier alpha value is -2.56. The second-order valence-electron chi connectivity index (χ2n) is 6.58. The first-order valence-corrected chi connectivity index (χ1v) is 8.62. The number of nitrogens with zero attached hydrogens (tertiary/aromatic N) is 1. The molecule has 0 saturated carbocycles. The molecule has 0 spiro atoms. The van der Waals surface area contributed by atoms with Crippen LogP contribution in [0.4, 0.5) is 5.69 Å². The van der Waals surface area contributed by atoms with Crippen LogP contribution in [0.3, 0.4) is 0 Å². The van der Waals surface area contributed by atoms with Crippen molar-refractivity contribution in [3.8, 4) is 0 Å². The molecule has 0 fully saturated rings. The van der Waals surface area contributed by atoms with Crippen molar-refractivity contribution in [3.05, 3.63) is 52.3 Å². The Balaban J connectivity index is 1.93. The van der Waals surface area contributed by atoms with E-state index in [-0.39, 0.29) is 11.8 Å². The van der Waals surface area contributed by atoms with Gasteiger partial charge in [0.05, 0.1) is 24.4 Å². The molecule has 25 heavy (non-hydrogen) atoms. The van der Waals surface area contributed by atoms with E-state index >= 15 is 0 Å². The molecule has 0 saturated heterocycles. The number of ether oxygens (including phenoxy) is 1. The molecule has 0 radical (unpaired) electrons. The van der Waals surface area contributed by atoms with Crippen molar-refractivity contribution < 1.29 is 14.3 Å². The highest BCUT2D eigenvalue weighted by atomic mass is 16.5. The normalized spacial score (nSPS) is 14.8. The zero-order valence-electron chi connectivity index (χ0n) is 15.2. The number of para-hydroxylation sites is 1. The summed E-state index contributed by atoms with van der Waals surface area (Å²) < 4.78 is 4.83. The number of hydrogen-bond acceptors (Lipinski definition) is 4. The Morgan fingerprint density at radius 1 is 1.24 bits per heavy atom. The summed E-state index contributed by atoms with van der Waals surface area (Å²) in [6.45, 7) is 6.36. The first kappa shape index (κ1) is 17.3. The van der Waals surface area contributed by atoms with Crippen LogP contribution in [-0.2, 0) is 11.2 Å². The lowest BCUT2D eigenvalue weighted by Crippen LogP contribution is -2.42. The van der Waals surface area contributed by atoms with Crippen LogP contribution in [0.2, 0.25) is 0 Å². The van der Waals surface area contributed by atoms with Crippen molar-refractivity contribution in [2.75, 3.05) is 18.6 Å². The number of methoxy groups -OCH3 is 1. The number of aryl methyl sites for hydroxylation is 2. The fraction of sp³-hybridized carbons (Fsp3) is 0.400. The number of benzene rings is 1. The minimum Gasteiger partial charge on any atom is -0.465 e. The minimum absolute atomic E-state index is 0.00699. The average Bonchev–Trinajstić information content (AvgIpc) is 2.93. The summed E-state index contributed by atoms with van der Waals surface area (Å²) in [5.41, 5.74) is 4.68. The van der Waals surface area contributed by atoms with Gasteiger partial charge in [-0.1, -0.05) is 18.2 Å². The van der Waals surface area contributed by atoms with E-state index in [4.69, 9.17) is 4.74 Å². The number of hydrogen-bond donors (Lipinski definition) is 1. The van der Waals surface area contributed by atoms with E-state index in [1.54, 1.807) is 13.8 Å². The highest BCUT2D eigenvalue weighted by Gasteiger charge is 2.30. The van der Waals surface area contributed by atoms with E-state index in [9.17, 15) is 9.59 Å². The maximum atomic E-state index is 13.1. The van der Waals surface area contributed by atoms with Gasteiger partial charge in [-0.2, -0.15) is 0 Å². The monoisotopic (exact) mass is 340 g/mol. The summed E-state index contributed by atoms with van der Waals surface area (Å²) in [4.78, 5) is 30.3. The van der Waals surface area contributed by atoms with Gasteiger partial charge in [0.2, 0.25) is 5.78 Å². The number of esters is 1. The van der Waals surface area contributed by atoms with Gasteiger partial charge in [0, 0.05) is 17.9 Å². The van der Waals surface area contributed by atoms with Gasteiger partial charge in [0.1, 0.15) is 0 Å². The number of rotatable bonds is 4. The Kier molecular flexibility index (Phi) is 4.66. The summed E-state index contributed by atoms with van der Waals surface area (Å²) in [6, 6.07) is 7.94. The molecule has 5 nitrogen and oxygen atoms in total. The molecule has 1 aromatic carbocycles. The molecular formula is C20H24N2O3. The summed E-state index contributed by atoms with van der Waals surface area (Å²) in [5.74, 6) is -0.422. The molecule has 3 rings (SSSR count). The van der Waals surface area contributed by atoms with E-state index in [0.29, 0.717) is 22.5 Å². The lowest BCUT2D eigenvalue weighted by atomic mass is 9.97. The van der Waals surface area contributed by atoms with Crippen LogP contribution in [-0.4, -0.2) is 36.4 Å². The lowest BCUT2D eigenvalue weighted by molar-refractivity contribution is 0.0599. The van der Waals surface area contributed by atoms with E-state index < -0.39 is 5.97 Å². The Bertz CT molecular complexity index is 822. The predicted octanol–water partition coefficient (Wildman–Crippen LogP) is 3.44. The molecular weight excluding hydrogens is 316 g/mol. The molecule has 5 heteroatoms. The van der Waals surface area contributed by atoms with Crippen LogP contribution < -0.4 is 4.90 Å². The van der Waals surface area contributed by atoms with Gasteiger partial charge in [-0.15, -0.1) is 0 Å². The van der Waals surface area contributed by atoms with E-state index in [2.05, 4.69) is 22.0 Å². The largest absolute Gasteiger partial charge is 0.465 e. The number of anilines is 1. The molecule has 0 unspecified atom stereocenters. The third-order valence-electron chi connectivity index (χ3n) is 5.07. The Morgan fingerprint density at radius 3 is 2.68 bits per heavy atom. The lowest BCUT2D eigenvalue weighted by Gasteiger charge is -2.35. The van der Waals surface area contributed by atoms with E-state index in [0.717, 1.165) is 25.1 Å². The zero-order chi connectivity index (χ0) is 18.1. The molecule has 1 aliphatic heterocycles. The molecule has 1 aromatic heterocycles. The maximum absolute atomic E-state index is 13.1. The number of fused-ring (bicyclic) bond motifs is 1. The fourth-order valence-corrected chi connectivity index (χ4v) is 3.72. The SMILES string of the molecule is COC(=O)c1c(C)[nH]c(C(=O)[C@@H](C)N2CCCc3ccccc32)c1C. The van der Waals surface area contributed by atoms with Crippen molar-refractivity contribution >= 4 is 17.4 Å². The van der Waals surface area contributed by atoms with Crippen LogP contribution >= 0.6 is 0 Å². The number of carbonyl (C=O) groups excluding carboxylic acids is 2. The van der Waals surface area contributed by atoms with Crippen molar-refractivity contribution in [2.24, 2.45) is 0 Å². The molecule has 0 aliphatic carbocycles. The van der Waals surface area contributed by atoms with Gasteiger partial charge < -0.3 is 14.6 Å². The van der Waals surface area contributed by atoms with Crippen LogP contribution in [0.25, 0.3) is 0 Å². The van der Waals surface area contributed by atoms with E-state index in [1.165, 1.54) is 12.7 Å². The number of carbonyl (C=O) groups is 2. The van der Waals surface area contributed by atoms with Gasteiger partial charge in [0.15, 0.2) is 0 Å². The number of nitrogens with one attached hydrogen (secondary N) is 1. The molecule has 0 amide bonds. The number of H-pyrrole nitrogens is 1. The number of Topliss-reactive ketones (excluding diaryl/α,β-unsaturated/α-hetero) is 1. The number of ketones is 1. The van der Waals surface area contributed by atoms with Gasteiger partial charge in [-0.25, -0.2) is 4.79 Å². The molecule has 2 heterocycles. The van der Waals surface area contributed by atoms with Crippen molar-refractivity contribution in [2.45, 2.75) is 39.7 Å². The van der Waals surface area contributed by atoms with Crippen molar-refractivity contribution in [3.63, 3.8) is 0 Å².